The highest BCUT2D eigenvalue weighted by Gasteiger charge is 2.50. The zero-order valence-corrected chi connectivity index (χ0v) is 40.0. The first-order valence-corrected chi connectivity index (χ1v) is 25.2. The van der Waals surface area contributed by atoms with Crippen LogP contribution in [-0.4, -0.2) is 9.13 Å². The van der Waals surface area contributed by atoms with Crippen molar-refractivity contribution in [3.05, 3.63) is 310 Å². The lowest BCUT2D eigenvalue weighted by molar-refractivity contribution is 0.770. The van der Waals surface area contributed by atoms with Crippen LogP contribution in [0.25, 0.3) is 77.2 Å². The number of hydrogen-bond donors (Lipinski definition) is 0. The van der Waals surface area contributed by atoms with E-state index in [9.17, 15) is 10.5 Å². The average Bonchev–Trinajstić information content (AvgIpc) is 4.32. The van der Waals surface area contributed by atoms with Crippen molar-refractivity contribution < 1.29 is 0 Å². The van der Waals surface area contributed by atoms with Gasteiger partial charge in [0.2, 0.25) is 0 Å². The van der Waals surface area contributed by atoms with E-state index in [1.165, 1.54) is 33.4 Å². The Morgan fingerprint density at radius 2 is 0.622 bits per heavy atom. The molecule has 4 nitrogen and oxygen atoms in total. The quantitative estimate of drug-likeness (QED) is 0.167. The van der Waals surface area contributed by atoms with Crippen LogP contribution in [0.15, 0.2) is 255 Å². The maximum atomic E-state index is 11.1. The van der Waals surface area contributed by atoms with Crippen molar-refractivity contribution in [1.29, 1.82) is 10.5 Å². The zero-order valence-electron chi connectivity index (χ0n) is 40.0. The minimum absolute atomic E-state index is 0.312. The Kier molecular flexibility index (Phi) is 8.89. The van der Waals surface area contributed by atoms with E-state index < -0.39 is 10.8 Å². The summed E-state index contributed by atoms with van der Waals surface area (Å²) in [5, 5.41) is 26.7. The van der Waals surface area contributed by atoms with Crippen LogP contribution < -0.4 is 0 Å². The molecular weight excluding hydrogens is 897 g/mol. The molecule has 74 heavy (non-hydrogen) atoms. The van der Waals surface area contributed by atoms with E-state index in [-0.39, 0.29) is 0 Å². The van der Waals surface area contributed by atoms with Crippen LogP contribution in [-0.2, 0) is 10.8 Å². The summed E-state index contributed by atoms with van der Waals surface area (Å²) < 4.78 is 4.85. The number of rotatable bonds is 6. The van der Waals surface area contributed by atoms with Crippen molar-refractivity contribution in [3.63, 3.8) is 0 Å². The molecule has 0 atom stereocenters. The molecule has 0 spiro atoms. The molecule has 342 valence electrons. The van der Waals surface area contributed by atoms with Crippen molar-refractivity contribution in [2.24, 2.45) is 0 Å². The summed E-state index contributed by atoms with van der Waals surface area (Å²) in [6.07, 6.45) is 0. The first kappa shape index (κ1) is 41.8. The van der Waals surface area contributed by atoms with Gasteiger partial charge in [-0.15, -0.1) is 0 Å². The van der Waals surface area contributed by atoms with E-state index in [0.717, 1.165) is 88.4 Å². The van der Waals surface area contributed by atoms with Gasteiger partial charge in [0.05, 0.1) is 55.4 Å². The molecule has 0 N–H and O–H groups in total. The largest absolute Gasteiger partial charge is 0.307 e. The second-order valence-corrected chi connectivity index (χ2v) is 19.6. The Hall–Kier alpha value is -10.0. The Labute approximate surface area is 428 Å². The highest BCUT2D eigenvalue weighted by atomic mass is 15.1. The molecule has 0 amide bonds. The van der Waals surface area contributed by atoms with Crippen LogP contribution in [0.3, 0.4) is 0 Å². The topological polar surface area (TPSA) is 57.4 Å². The molecule has 0 unspecified atom stereocenters. The monoisotopic (exact) mass is 938 g/mol. The van der Waals surface area contributed by atoms with E-state index in [2.05, 4.69) is 264 Å². The molecule has 2 aliphatic carbocycles. The lowest BCUT2D eigenvalue weighted by Gasteiger charge is -2.35. The van der Waals surface area contributed by atoms with Crippen LogP contribution in [0, 0.1) is 22.7 Å². The molecule has 0 saturated heterocycles. The van der Waals surface area contributed by atoms with E-state index >= 15 is 0 Å². The van der Waals surface area contributed by atoms with Crippen LogP contribution in [0.5, 0.6) is 0 Å². The van der Waals surface area contributed by atoms with Gasteiger partial charge < -0.3 is 9.13 Å². The molecule has 0 fully saturated rings. The smallest absolute Gasteiger partial charge is 0.101 e. The highest BCUT2D eigenvalue weighted by Crippen LogP contribution is 2.61. The minimum atomic E-state index is -0.741. The molecule has 2 heterocycles. The first-order chi connectivity index (χ1) is 36.7. The summed E-state index contributed by atoms with van der Waals surface area (Å²) in [5.41, 5.74) is 18.9. The van der Waals surface area contributed by atoms with Crippen LogP contribution in [0.2, 0.25) is 0 Å². The lowest BCUT2D eigenvalue weighted by atomic mass is 9.67. The summed E-state index contributed by atoms with van der Waals surface area (Å²) in [6, 6.07) is 97.1. The van der Waals surface area contributed by atoms with Crippen molar-refractivity contribution in [2.75, 3.05) is 0 Å². The van der Waals surface area contributed by atoms with E-state index in [1.807, 2.05) is 12.1 Å². The second-order valence-electron chi connectivity index (χ2n) is 19.6. The Balaban J connectivity index is 1.17. The van der Waals surface area contributed by atoms with Gasteiger partial charge >= 0.3 is 0 Å². The Morgan fingerprint density at radius 1 is 0.297 bits per heavy atom. The number of nitriles is 2. The summed E-state index contributed by atoms with van der Waals surface area (Å²) in [6.45, 7) is 0. The molecule has 0 bridgehead atoms. The van der Waals surface area contributed by atoms with E-state index in [0.29, 0.717) is 11.1 Å². The molecule has 13 aromatic rings. The molecule has 0 radical (unpaired) electrons. The number of hydrogen-bond acceptors (Lipinski definition) is 2. The highest BCUT2D eigenvalue weighted by molar-refractivity contribution is 6.16. The minimum Gasteiger partial charge on any atom is -0.307 e. The second kappa shape index (κ2) is 15.8. The number of benzene rings is 11. The fourth-order valence-electron chi connectivity index (χ4n) is 13.6. The summed E-state index contributed by atoms with van der Waals surface area (Å²) >= 11 is 0. The molecular formula is C70H42N4. The van der Waals surface area contributed by atoms with Gasteiger partial charge in [-0.05, 0) is 79.9 Å². The van der Waals surface area contributed by atoms with Gasteiger partial charge in [0, 0.05) is 32.7 Å². The summed E-state index contributed by atoms with van der Waals surface area (Å²) in [7, 11) is 0. The van der Waals surface area contributed by atoms with Gasteiger partial charge in [-0.25, -0.2) is 0 Å². The Bertz CT molecular complexity index is 4180. The van der Waals surface area contributed by atoms with Crippen molar-refractivity contribution in [1.82, 2.24) is 9.13 Å². The first-order valence-electron chi connectivity index (χ1n) is 25.2. The fraction of sp³-hybridized carbons (Fsp3) is 0.0286. The molecule has 11 aromatic carbocycles. The Morgan fingerprint density at radius 3 is 0.986 bits per heavy atom. The lowest BCUT2D eigenvalue weighted by Crippen LogP contribution is -2.29. The van der Waals surface area contributed by atoms with Crippen molar-refractivity contribution >= 4 is 43.6 Å². The molecule has 15 rings (SSSR count). The maximum absolute atomic E-state index is 11.1. The number of fused-ring (bicyclic) bond motifs is 14. The molecule has 0 aliphatic heterocycles. The van der Waals surface area contributed by atoms with E-state index in [4.69, 9.17) is 0 Å². The summed E-state index contributed by atoms with van der Waals surface area (Å²) in [5.74, 6) is 0. The van der Waals surface area contributed by atoms with Crippen LogP contribution in [0.4, 0.5) is 0 Å². The van der Waals surface area contributed by atoms with E-state index in [1.54, 1.807) is 0 Å². The van der Waals surface area contributed by atoms with Crippen LogP contribution in [0.1, 0.15) is 55.6 Å². The van der Waals surface area contributed by atoms with Crippen molar-refractivity contribution in [2.45, 2.75) is 10.8 Å². The van der Waals surface area contributed by atoms with Gasteiger partial charge in [0.15, 0.2) is 0 Å². The average molecular weight is 939 g/mol. The standard InChI is InChI=1S/C70H42N4/c71-43-45-41-63(73-61-35-19-15-31-53(61)57-39-37-55-51-29-13-17-33-59(51)69(65(55)67(57)73,47-21-5-1-6-22-47)48-23-7-2-8-24-48)64(42-46(45)44-72)74-62-36-20-16-32-54(62)58-40-38-56-52-30-14-18-34-60(52)70(66(56)68(58)74,49-25-9-3-10-26-49)50-27-11-4-12-28-50/h1-42H. The van der Waals surface area contributed by atoms with Gasteiger partial charge in [0.1, 0.15) is 12.1 Å². The number of para-hydroxylation sites is 2. The predicted octanol–water partition coefficient (Wildman–Crippen LogP) is 16.4. The third-order valence-corrected chi connectivity index (χ3v) is 16.3. The predicted molar refractivity (Wildman–Crippen MR) is 299 cm³/mol. The third kappa shape index (κ3) is 5.33. The molecule has 4 heteroatoms. The SMILES string of the molecule is N#Cc1cc(-n2c3ccccc3c3ccc4c(c32)C(c2ccccc2)(c2ccccc2)c2ccccc2-4)c(-n2c3ccccc3c3ccc4c(c32)C(c2ccccc2)(c2ccccc2)c2ccccc2-4)cc1C#N. The summed E-state index contributed by atoms with van der Waals surface area (Å²) in [4.78, 5) is 0. The van der Waals surface area contributed by atoms with Gasteiger partial charge in [-0.3, -0.25) is 0 Å². The van der Waals surface area contributed by atoms with Gasteiger partial charge in [-0.1, -0.05) is 231 Å². The van der Waals surface area contributed by atoms with Crippen molar-refractivity contribution in [3.8, 4) is 45.8 Å². The maximum Gasteiger partial charge on any atom is 0.101 e. The molecule has 0 saturated carbocycles. The zero-order chi connectivity index (χ0) is 49.1. The third-order valence-electron chi connectivity index (χ3n) is 16.3. The molecule has 2 aliphatic rings. The normalized spacial score (nSPS) is 13.6. The number of aromatic nitrogens is 2. The van der Waals surface area contributed by atoms with Crippen LogP contribution >= 0.6 is 0 Å². The molecule has 2 aromatic heterocycles. The van der Waals surface area contributed by atoms with Gasteiger partial charge in [-0.2, -0.15) is 10.5 Å². The fourth-order valence-corrected chi connectivity index (χ4v) is 13.6. The number of nitrogens with zero attached hydrogens (tertiary/aromatic N) is 4. The van der Waals surface area contributed by atoms with Gasteiger partial charge in [0.25, 0.3) is 0 Å².